The van der Waals surface area contributed by atoms with Gasteiger partial charge in [-0.05, 0) is 44.8 Å². The molecule has 1 aliphatic rings. The number of nitrogens with zero attached hydrogens (tertiary/aromatic N) is 3. The summed E-state index contributed by atoms with van der Waals surface area (Å²) in [6.45, 7) is 5.46. The zero-order valence-electron chi connectivity index (χ0n) is 14.1. The van der Waals surface area contributed by atoms with Crippen LogP contribution in [0.3, 0.4) is 0 Å². The molecular weight excluding hydrogens is 320 g/mol. The van der Waals surface area contributed by atoms with Crippen molar-refractivity contribution in [2.75, 3.05) is 19.6 Å². The van der Waals surface area contributed by atoms with Gasteiger partial charge in [-0.2, -0.15) is 0 Å². The van der Waals surface area contributed by atoms with Gasteiger partial charge >= 0.3 is 0 Å². The smallest absolute Gasteiger partial charge is 0.223 e. The summed E-state index contributed by atoms with van der Waals surface area (Å²) in [5.74, 6) is 0.352. The van der Waals surface area contributed by atoms with Crippen LogP contribution in [0, 0.1) is 12.8 Å². The first kappa shape index (κ1) is 17.0. The molecule has 1 aromatic carbocycles. The van der Waals surface area contributed by atoms with Crippen LogP contribution in [0.1, 0.15) is 28.4 Å². The fraction of sp³-hybridized carbons (Fsp3) is 0.500. The minimum atomic E-state index is 0.146. The minimum Gasteiger partial charge on any atom is -0.356 e. The van der Waals surface area contributed by atoms with E-state index in [0.29, 0.717) is 6.54 Å². The van der Waals surface area contributed by atoms with E-state index >= 15 is 0 Å². The first-order valence-corrected chi connectivity index (χ1v) is 9.35. The third-order valence-electron chi connectivity index (χ3n) is 4.44. The van der Waals surface area contributed by atoms with E-state index in [1.807, 2.05) is 25.1 Å². The molecule has 0 spiro atoms. The monoisotopic (exact) mass is 344 g/mol. The molecule has 5 nitrogen and oxygen atoms in total. The van der Waals surface area contributed by atoms with Crippen LogP contribution in [0.4, 0.5) is 0 Å². The molecular formula is C18H24N4OS. The largest absolute Gasteiger partial charge is 0.356 e. The molecule has 1 amide bonds. The van der Waals surface area contributed by atoms with E-state index in [1.165, 1.54) is 5.56 Å². The summed E-state index contributed by atoms with van der Waals surface area (Å²) < 4.78 is 0. The normalized spacial score (nSPS) is 16.2. The van der Waals surface area contributed by atoms with Gasteiger partial charge in [0.2, 0.25) is 5.91 Å². The molecule has 0 saturated carbocycles. The van der Waals surface area contributed by atoms with E-state index < -0.39 is 0 Å². The van der Waals surface area contributed by atoms with Crippen LogP contribution < -0.4 is 5.32 Å². The molecule has 1 N–H and O–H groups in total. The van der Waals surface area contributed by atoms with Crippen LogP contribution in [0.15, 0.2) is 30.3 Å². The highest BCUT2D eigenvalue weighted by Crippen LogP contribution is 2.20. The van der Waals surface area contributed by atoms with Gasteiger partial charge in [-0.1, -0.05) is 30.3 Å². The predicted octanol–water partition coefficient (Wildman–Crippen LogP) is 2.42. The summed E-state index contributed by atoms with van der Waals surface area (Å²) in [6, 6.07) is 10.3. The molecule has 1 aliphatic heterocycles. The van der Waals surface area contributed by atoms with Gasteiger partial charge in [0.05, 0.1) is 6.54 Å². The average Bonchev–Trinajstić information content (AvgIpc) is 3.01. The Morgan fingerprint density at radius 3 is 2.67 bits per heavy atom. The maximum Gasteiger partial charge on any atom is 0.223 e. The van der Waals surface area contributed by atoms with Crippen molar-refractivity contribution < 1.29 is 4.79 Å². The van der Waals surface area contributed by atoms with Crippen molar-refractivity contribution in [3.8, 4) is 0 Å². The molecule has 128 valence electrons. The lowest BCUT2D eigenvalue weighted by Gasteiger charge is -2.30. The molecule has 6 heteroatoms. The number of hydrogen-bond acceptors (Lipinski definition) is 5. The lowest BCUT2D eigenvalue weighted by Crippen LogP contribution is -2.40. The lowest BCUT2D eigenvalue weighted by molar-refractivity contribution is -0.126. The number of likely N-dealkylation sites (tertiary alicyclic amines) is 1. The van der Waals surface area contributed by atoms with Gasteiger partial charge in [0.1, 0.15) is 10.0 Å². The first-order chi connectivity index (χ1) is 11.7. The van der Waals surface area contributed by atoms with Crippen molar-refractivity contribution in [2.45, 2.75) is 32.7 Å². The van der Waals surface area contributed by atoms with Gasteiger partial charge in [0.15, 0.2) is 0 Å². The third kappa shape index (κ3) is 4.85. The van der Waals surface area contributed by atoms with Crippen molar-refractivity contribution in [1.29, 1.82) is 0 Å². The van der Waals surface area contributed by atoms with Crippen LogP contribution >= 0.6 is 11.3 Å². The highest BCUT2D eigenvalue weighted by molar-refractivity contribution is 7.11. The van der Waals surface area contributed by atoms with E-state index in [4.69, 9.17) is 0 Å². The van der Waals surface area contributed by atoms with Crippen molar-refractivity contribution in [3.63, 3.8) is 0 Å². The molecule has 2 aromatic rings. The quantitative estimate of drug-likeness (QED) is 0.874. The number of rotatable bonds is 6. The molecule has 24 heavy (non-hydrogen) atoms. The SMILES string of the molecule is Cc1nnc(CN2CCC(C(=O)NCCc3ccccc3)CC2)s1. The molecule has 1 saturated heterocycles. The lowest BCUT2D eigenvalue weighted by atomic mass is 9.96. The summed E-state index contributed by atoms with van der Waals surface area (Å²) >= 11 is 1.65. The van der Waals surface area contributed by atoms with Crippen LogP contribution in [-0.4, -0.2) is 40.6 Å². The number of nitrogens with one attached hydrogen (secondary N) is 1. The van der Waals surface area contributed by atoms with Gasteiger partial charge in [-0.3, -0.25) is 9.69 Å². The fourth-order valence-electron chi connectivity index (χ4n) is 3.07. The Morgan fingerprint density at radius 1 is 1.25 bits per heavy atom. The molecule has 1 fully saturated rings. The van der Waals surface area contributed by atoms with E-state index in [0.717, 1.165) is 48.9 Å². The Kier molecular flexibility index (Phi) is 5.93. The second kappa shape index (κ2) is 8.35. The van der Waals surface area contributed by atoms with Gasteiger partial charge in [0, 0.05) is 12.5 Å². The third-order valence-corrected chi connectivity index (χ3v) is 5.26. The number of carbonyl (C=O) groups is 1. The van der Waals surface area contributed by atoms with Crippen LogP contribution in [-0.2, 0) is 17.8 Å². The maximum absolute atomic E-state index is 12.3. The van der Waals surface area contributed by atoms with E-state index in [1.54, 1.807) is 11.3 Å². The van der Waals surface area contributed by atoms with E-state index in [2.05, 4.69) is 32.5 Å². The number of aromatic nitrogens is 2. The van der Waals surface area contributed by atoms with Gasteiger partial charge in [-0.15, -0.1) is 21.5 Å². The summed E-state index contributed by atoms with van der Waals surface area (Å²) in [6.07, 6.45) is 2.74. The predicted molar refractivity (Wildman–Crippen MR) is 95.8 cm³/mol. The Hall–Kier alpha value is -1.79. The Morgan fingerprint density at radius 2 is 2.00 bits per heavy atom. The topological polar surface area (TPSA) is 58.1 Å². The van der Waals surface area contributed by atoms with Gasteiger partial charge < -0.3 is 5.32 Å². The minimum absolute atomic E-state index is 0.146. The number of hydrogen-bond donors (Lipinski definition) is 1. The second-order valence-electron chi connectivity index (χ2n) is 6.29. The molecule has 0 aliphatic carbocycles. The summed E-state index contributed by atoms with van der Waals surface area (Å²) in [5, 5.41) is 13.4. The van der Waals surface area contributed by atoms with Crippen LogP contribution in [0.5, 0.6) is 0 Å². The van der Waals surface area contributed by atoms with Crippen molar-refractivity contribution in [1.82, 2.24) is 20.4 Å². The maximum atomic E-state index is 12.3. The molecule has 0 unspecified atom stereocenters. The highest BCUT2D eigenvalue weighted by Gasteiger charge is 2.25. The molecule has 0 atom stereocenters. The van der Waals surface area contributed by atoms with Crippen molar-refractivity contribution >= 4 is 17.2 Å². The summed E-state index contributed by atoms with van der Waals surface area (Å²) in [4.78, 5) is 14.7. The molecule has 1 aromatic heterocycles. The Bertz CT molecular complexity index is 650. The Balaban J connectivity index is 1.37. The molecule has 2 heterocycles. The summed E-state index contributed by atoms with van der Waals surface area (Å²) in [5.41, 5.74) is 1.26. The van der Waals surface area contributed by atoms with E-state index in [9.17, 15) is 4.79 Å². The number of amides is 1. The van der Waals surface area contributed by atoms with Crippen molar-refractivity contribution in [3.05, 3.63) is 45.9 Å². The highest BCUT2D eigenvalue weighted by atomic mass is 32.1. The van der Waals surface area contributed by atoms with Gasteiger partial charge in [0.25, 0.3) is 0 Å². The summed E-state index contributed by atoms with van der Waals surface area (Å²) in [7, 11) is 0. The van der Waals surface area contributed by atoms with Crippen molar-refractivity contribution in [2.24, 2.45) is 5.92 Å². The van der Waals surface area contributed by atoms with Crippen LogP contribution in [0.2, 0.25) is 0 Å². The van der Waals surface area contributed by atoms with Crippen LogP contribution in [0.25, 0.3) is 0 Å². The number of piperidine rings is 1. The number of benzene rings is 1. The fourth-order valence-corrected chi connectivity index (χ4v) is 3.82. The molecule has 0 radical (unpaired) electrons. The molecule has 3 rings (SSSR count). The number of aryl methyl sites for hydroxylation is 1. The zero-order valence-corrected chi connectivity index (χ0v) is 14.9. The average molecular weight is 344 g/mol. The zero-order chi connectivity index (χ0) is 16.8. The number of carbonyl (C=O) groups excluding carboxylic acids is 1. The second-order valence-corrected chi connectivity index (χ2v) is 7.56. The first-order valence-electron chi connectivity index (χ1n) is 8.53. The Labute approximate surface area is 147 Å². The van der Waals surface area contributed by atoms with E-state index in [-0.39, 0.29) is 11.8 Å². The standard InChI is InChI=1S/C18H24N4OS/c1-14-20-21-17(24-14)13-22-11-8-16(9-12-22)18(23)19-10-7-15-5-3-2-4-6-15/h2-6,16H,7-13H2,1H3,(H,19,23). The van der Waals surface area contributed by atoms with Gasteiger partial charge in [-0.25, -0.2) is 0 Å². The molecule has 0 bridgehead atoms.